The van der Waals surface area contributed by atoms with E-state index in [0.29, 0.717) is 17.7 Å². The van der Waals surface area contributed by atoms with Gasteiger partial charge in [-0.05, 0) is 60.2 Å². The Balaban J connectivity index is 1.80. The van der Waals surface area contributed by atoms with Crippen LogP contribution in [-0.2, 0) is 21.9 Å². The van der Waals surface area contributed by atoms with Crippen LogP contribution < -0.4 is 9.62 Å². The number of carbonyl (C=O) groups is 1. The number of amides is 1. The summed E-state index contributed by atoms with van der Waals surface area (Å²) >= 11 is 0. The lowest BCUT2D eigenvalue weighted by molar-refractivity contribution is 0.102. The van der Waals surface area contributed by atoms with E-state index in [2.05, 4.69) is 26.1 Å². The Morgan fingerprint density at radius 3 is 2.30 bits per heavy atom. The van der Waals surface area contributed by atoms with Gasteiger partial charge in [0.25, 0.3) is 5.91 Å². The van der Waals surface area contributed by atoms with Crippen LogP contribution in [-0.4, -0.2) is 26.6 Å². The van der Waals surface area contributed by atoms with Gasteiger partial charge in [-0.3, -0.25) is 9.10 Å². The Morgan fingerprint density at radius 1 is 1.11 bits per heavy atom. The van der Waals surface area contributed by atoms with Gasteiger partial charge in [0.05, 0.1) is 11.9 Å². The maximum atomic E-state index is 12.6. The highest BCUT2D eigenvalue weighted by atomic mass is 32.2. The number of hydrogen-bond acceptors (Lipinski definition) is 3. The monoisotopic (exact) mass is 386 g/mol. The zero-order valence-corrected chi connectivity index (χ0v) is 17.2. The highest BCUT2D eigenvalue weighted by Crippen LogP contribution is 2.34. The molecule has 144 valence electrons. The third kappa shape index (κ3) is 4.00. The SMILES string of the molecule is C[C@H]1Cc2cc(C(=O)Nc3ccc(C(C)(C)C)cc3)ccc2N1S(C)(=O)=O. The van der Waals surface area contributed by atoms with E-state index in [-0.39, 0.29) is 17.4 Å². The molecule has 0 spiro atoms. The van der Waals surface area contributed by atoms with Gasteiger partial charge in [0.1, 0.15) is 0 Å². The standard InChI is InChI=1S/C21H26N2O3S/c1-14-12-16-13-15(6-11-19(16)23(14)27(5,25)26)20(24)22-18-9-7-17(8-10-18)21(2,3)4/h6-11,13-14H,12H2,1-5H3,(H,22,24)/t14-/m0/s1. The normalized spacial score (nSPS) is 16.9. The van der Waals surface area contributed by atoms with Crippen LogP contribution in [0.3, 0.4) is 0 Å². The fraction of sp³-hybridized carbons (Fsp3) is 0.381. The molecule has 0 saturated heterocycles. The van der Waals surface area contributed by atoms with Crippen molar-refractivity contribution in [1.82, 2.24) is 0 Å². The molecular weight excluding hydrogens is 360 g/mol. The summed E-state index contributed by atoms with van der Waals surface area (Å²) in [5.41, 5.74) is 4.06. The molecule has 1 amide bonds. The van der Waals surface area contributed by atoms with E-state index in [1.165, 1.54) is 16.1 Å². The predicted molar refractivity (Wildman–Crippen MR) is 110 cm³/mol. The van der Waals surface area contributed by atoms with Crippen molar-refractivity contribution >= 4 is 27.3 Å². The summed E-state index contributed by atoms with van der Waals surface area (Å²) in [5.74, 6) is -0.202. The van der Waals surface area contributed by atoms with Gasteiger partial charge in [0.2, 0.25) is 10.0 Å². The van der Waals surface area contributed by atoms with Crippen molar-refractivity contribution < 1.29 is 13.2 Å². The molecule has 0 fully saturated rings. The fourth-order valence-corrected chi connectivity index (χ4v) is 4.77. The Hall–Kier alpha value is -2.34. The summed E-state index contributed by atoms with van der Waals surface area (Å²) < 4.78 is 25.4. The topological polar surface area (TPSA) is 66.5 Å². The smallest absolute Gasteiger partial charge is 0.255 e. The second-order valence-corrected chi connectivity index (χ2v) is 10.1. The first-order valence-corrected chi connectivity index (χ1v) is 10.9. The van der Waals surface area contributed by atoms with E-state index in [9.17, 15) is 13.2 Å². The predicted octanol–water partition coefficient (Wildman–Crippen LogP) is 3.95. The van der Waals surface area contributed by atoms with Crippen molar-refractivity contribution in [2.75, 3.05) is 15.9 Å². The Bertz CT molecular complexity index is 973. The van der Waals surface area contributed by atoms with E-state index >= 15 is 0 Å². The van der Waals surface area contributed by atoms with Gasteiger partial charge >= 0.3 is 0 Å². The molecule has 1 N–H and O–H groups in total. The lowest BCUT2D eigenvalue weighted by atomic mass is 9.87. The van der Waals surface area contributed by atoms with Crippen LogP contribution in [0.2, 0.25) is 0 Å². The molecular formula is C21H26N2O3S. The van der Waals surface area contributed by atoms with Crippen molar-refractivity contribution in [2.24, 2.45) is 0 Å². The van der Waals surface area contributed by atoms with Gasteiger partial charge in [-0.15, -0.1) is 0 Å². The third-order valence-electron chi connectivity index (χ3n) is 4.86. The molecule has 1 aliphatic rings. The summed E-state index contributed by atoms with van der Waals surface area (Å²) in [5, 5.41) is 2.91. The lowest BCUT2D eigenvalue weighted by Crippen LogP contribution is -2.34. The first-order chi connectivity index (χ1) is 12.5. The van der Waals surface area contributed by atoms with Crippen LogP contribution in [0, 0.1) is 0 Å². The van der Waals surface area contributed by atoms with Crippen molar-refractivity contribution in [3.63, 3.8) is 0 Å². The number of hydrogen-bond donors (Lipinski definition) is 1. The van der Waals surface area contributed by atoms with E-state index in [1.807, 2.05) is 31.2 Å². The van der Waals surface area contributed by atoms with E-state index in [1.54, 1.807) is 18.2 Å². The molecule has 0 saturated carbocycles. The van der Waals surface area contributed by atoms with Crippen LogP contribution in [0.4, 0.5) is 11.4 Å². The summed E-state index contributed by atoms with van der Waals surface area (Å²) in [4.78, 5) is 12.6. The number of anilines is 2. The minimum atomic E-state index is -3.33. The molecule has 0 bridgehead atoms. The molecule has 0 aliphatic carbocycles. The summed E-state index contributed by atoms with van der Waals surface area (Å²) in [6.07, 6.45) is 1.81. The Kier molecular flexibility index (Phi) is 4.80. The Labute approximate surface area is 161 Å². The molecule has 0 aromatic heterocycles. The minimum Gasteiger partial charge on any atom is -0.322 e. The van der Waals surface area contributed by atoms with Gasteiger partial charge < -0.3 is 5.32 Å². The number of nitrogens with zero attached hydrogens (tertiary/aromatic N) is 1. The van der Waals surface area contributed by atoms with E-state index in [4.69, 9.17) is 0 Å². The number of carbonyl (C=O) groups excluding carboxylic acids is 1. The number of sulfonamides is 1. The minimum absolute atomic E-state index is 0.0602. The zero-order valence-electron chi connectivity index (χ0n) is 16.4. The molecule has 2 aromatic rings. The third-order valence-corrected chi connectivity index (χ3v) is 6.13. The number of benzene rings is 2. The van der Waals surface area contributed by atoms with Crippen LogP contribution in [0.25, 0.3) is 0 Å². The average molecular weight is 387 g/mol. The molecule has 27 heavy (non-hydrogen) atoms. The summed E-state index contributed by atoms with van der Waals surface area (Å²) in [7, 11) is -3.33. The zero-order chi connectivity index (χ0) is 20.0. The molecule has 1 atom stereocenters. The van der Waals surface area contributed by atoms with Gasteiger partial charge in [-0.2, -0.15) is 0 Å². The van der Waals surface area contributed by atoms with Gasteiger partial charge in [-0.1, -0.05) is 32.9 Å². The van der Waals surface area contributed by atoms with Gasteiger partial charge in [-0.25, -0.2) is 8.42 Å². The molecule has 6 heteroatoms. The summed E-state index contributed by atoms with van der Waals surface area (Å²) in [6.45, 7) is 8.31. The molecule has 0 radical (unpaired) electrons. The average Bonchev–Trinajstić information content (AvgIpc) is 2.89. The van der Waals surface area contributed by atoms with Crippen LogP contribution >= 0.6 is 0 Å². The summed E-state index contributed by atoms with van der Waals surface area (Å²) in [6, 6.07) is 12.9. The number of fused-ring (bicyclic) bond motifs is 1. The molecule has 1 aliphatic heterocycles. The van der Waals surface area contributed by atoms with Crippen LogP contribution in [0.1, 0.15) is 49.2 Å². The molecule has 0 unspecified atom stereocenters. The van der Waals surface area contributed by atoms with Crippen molar-refractivity contribution in [1.29, 1.82) is 0 Å². The van der Waals surface area contributed by atoms with E-state index < -0.39 is 10.0 Å². The second-order valence-electron chi connectivity index (χ2n) is 8.24. The first kappa shape index (κ1) is 19.4. The number of nitrogens with one attached hydrogen (secondary N) is 1. The maximum absolute atomic E-state index is 12.6. The second kappa shape index (κ2) is 6.68. The largest absolute Gasteiger partial charge is 0.322 e. The Morgan fingerprint density at radius 2 is 1.74 bits per heavy atom. The quantitative estimate of drug-likeness (QED) is 0.869. The fourth-order valence-electron chi connectivity index (χ4n) is 3.51. The molecule has 3 rings (SSSR count). The molecule has 5 nitrogen and oxygen atoms in total. The van der Waals surface area contributed by atoms with Crippen molar-refractivity contribution in [3.8, 4) is 0 Å². The van der Waals surface area contributed by atoms with Crippen molar-refractivity contribution in [2.45, 2.75) is 45.6 Å². The van der Waals surface area contributed by atoms with Crippen LogP contribution in [0.15, 0.2) is 42.5 Å². The van der Waals surface area contributed by atoms with E-state index in [0.717, 1.165) is 11.3 Å². The molecule has 1 heterocycles. The number of rotatable bonds is 3. The molecule has 2 aromatic carbocycles. The maximum Gasteiger partial charge on any atom is 0.255 e. The highest BCUT2D eigenvalue weighted by Gasteiger charge is 2.32. The first-order valence-electron chi connectivity index (χ1n) is 9.01. The highest BCUT2D eigenvalue weighted by molar-refractivity contribution is 7.92. The van der Waals surface area contributed by atoms with Crippen LogP contribution in [0.5, 0.6) is 0 Å². The van der Waals surface area contributed by atoms with Gasteiger partial charge in [0.15, 0.2) is 0 Å². The van der Waals surface area contributed by atoms with Crippen molar-refractivity contribution in [3.05, 3.63) is 59.2 Å². The lowest BCUT2D eigenvalue weighted by Gasteiger charge is -2.22. The van der Waals surface area contributed by atoms with Gasteiger partial charge in [0, 0.05) is 17.3 Å².